The Kier molecular flexibility index (Phi) is 40.3. The van der Waals surface area contributed by atoms with Gasteiger partial charge in [-0.1, -0.05) is 98.4 Å². The van der Waals surface area contributed by atoms with Gasteiger partial charge in [0, 0.05) is 0 Å². The number of carbonyl (C=O) groups excluding carboxylic acids is 6. The molecule has 0 aromatic heterocycles. The summed E-state index contributed by atoms with van der Waals surface area (Å²) in [6, 6.07) is 0. The van der Waals surface area contributed by atoms with Crippen LogP contribution in [0.3, 0.4) is 0 Å². The Hall–Kier alpha value is -3.18. The first-order valence-corrected chi connectivity index (χ1v) is 23.7. The molecule has 0 aliphatic heterocycles. The van der Waals surface area contributed by atoms with Gasteiger partial charge in [-0.25, -0.2) is 4.79 Å². The van der Waals surface area contributed by atoms with Crippen LogP contribution in [0.5, 0.6) is 0 Å². The molecule has 0 bridgehead atoms. The predicted molar refractivity (Wildman–Crippen MR) is 277 cm³/mol. The van der Waals surface area contributed by atoms with Crippen LogP contribution in [0.1, 0.15) is 269 Å². The summed E-state index contributed by atoms with van der Waals surface area (Å²) in [6.07, 6.45) is 20.0. The molecule has 3 rings (SSSR count). The highest BCUT2D eigenvalue weighted by Crippen LogP contribution is 2.36. The van der Waals surface area contributed by atoms with Crippen molar-refractivity contribution in [1.82, 2.24) is 0 Å². The topological polar surface area (TPSA) is 158 Å². The molecule has 0 heterocycles. The fourth-order valence-electron chi connectivity index (χ4n) is 7.34. The first-order chi connectivity index (χ1) is 28.5. The number of hydrogen-bond donors (Lipinski definition) is 0. The second-order valence-corrected chi connectivity index (χ2v) is 19.7. The summed E-state index contributed by atoms with van der Waals surface area (Å²) < 4.78 is 32.3. The summed E-state index contributed by atoms with van der Waals surface area (Å²) in [5.41, 5.74) is -2.45. The molecule has 0 spiro atoms. The molecule has 3 fully saturated rings. The second kappa shape index (κ2) is 35.9. The number of hydrogen-bond acceptors (Lipinski definition) is 12. The molecular formula is C55H110O12. The van der Waals surface area contributed by atoms with E-state index >= 15 is 0 Å². The molecule has 3 saturated carbocycles. The molecule has 0 N–H and O–H groups in total. The lowest BCUT2D eigenvalue weighted by molar-refractivity contribution is -0.176. The summed E-state index contributed by atoms with van der Waals surface area (Å²) in [5.74, 6) is -1.78. The largest absolute Gasteiger partial charge is 0.465 e. The number of carbonyl (C=O) groups is 6. The minimum Gasteiger partial charge on any atom is -0.465 e. The van der Waals surface area contributed by atoms with E-state index in [2.05, 4.69) is 6.92 Å². The monoisotopic (exact) mass is 963 g/mol. The summed E-state index contributed by atoms with van der Waals surface area (Å²) in [4.78, 5) is 71.0. The molecule has 0 radical (unpaired) electrons. The molecule has 0 unspecified atom stereocenters. The van der Waals surface area contributed by atoms with Crippen LogP contribution in [0.25, 0.3) is 0 Å². The fraction of sp³-hybridized carbons (Fsp3) is 0.891. The third-order valence-corrected chi connectivity index (χ3v) is 13.5. The van der Waals surface area contributed by atoms with Crippen LogP contribution in [-0.2, 0) is 57.2 Å². The Morgan fingerprint density at radius 1 is 0.403 bits per heavy atom. The lowest BCUT2D eigenvalue weighted by atomic mass is 9.83. The Morgan fingerprint density at radius 2 is 0.687 bits per heavy atom. The van der Waals surface area contributed by atoms with Gasteiger partial charge in [-0.2, -0.15) is 0 Å². The highest BCUT2D eigenvalue weighted by molar-refractivity contribution is 5.80. The van der Waals surface area contributed by atoms with Crippen LogP contribution in [-0.4, -0.2) is 72.4 Å². The van der Waals surface area contributed by atoms with E-state index in [1.807, 2.05) is 76.2 Å². The molecule has 67 heavy (non-hydrogen) atoms. The van der Waals surface area contributed by atoms with Gasteiger partial charge in [0.05, 0.1) is 29.1 Å². The van der Waals surface area contributed by atoms with Crippen LogP contribution in [0.15, 0.2) is 0 Å². The normalized spacial score (nSPS) is 16.7. The van der Waals surface area contributed by atoms with Crippen molar-refractivity contribution in [3.05, 3.63) is 0 Å². The number of esters is 6. The maximum absolute atomic E-state index is 12.0. The maximum atomic E-state index is 12.0. The van der Waals surface area contributed by atoms with Gasteiger partial charge in [0.2, 0.25) is 0 Å². The lowest BCUT2D eigenvalue weighted by Crippen LogP contribution is -2.38. The van der Waals surface area contributed by atoms with Gasteiger partial charge in [0.25, 0.3) is 0 Å². The molecule has 0 saturated heterocycles. The van der Waals surface area contributed by atoms with Crippen molar-refractivity contribution in [2.24, 2.45) is 16.2 Å². The highest BCUT2D eigenvalue weighted by Gasteiger charge is 2.37. The molecule has 402 valence electrons. The first-order valence-electron chi connectivity index (χ1n) is 23.7. The Bertz CT molecular complexity index is 1360. The van der Waals surface area contributed by atoms with E-state index in [9.17, 15) is 28.8 Å². The Morgan fingerprint density at radius 3 is 1.00 bits per heavy atom. The first kappa shape index (κ1) is 75.3. The molecule has 12 heteroatoms. The fourth-order valence-corrected chi connectivity index (χ4v) is 7.34. The Balaban J connectivity index is -0.000000199. The SMILES string of the molecule is C.C.C.C.C.C.CCC(C)(C)C(=O)OCCC(=O)OC1(C)CCCCC1.CCC1(OC(=O)CCOC(=O)C(C)(C)CC)CCCCC1.CCC1(OC(=O)COC(=O)C(C)(C)CC)CCCCC1. The van der Waals surface area contributed by atoms with Crippen molar-refractivity contribution in [1.29, 1.82) is 0 Å². The third kappa shape index (κ3) is 27.6. The van der Waals surface area contributed by atoms with Crippen LogP contribution in [0.4, 0.5) is 0 Å². The van der Waals surface area contributed by atoms with Gasteiger partial charge in [-0.3, -0.25) is 24.0 Å². The van der Waals surface area contributed by atoms with Crippen molar-refractivity contribution in [3.8, 4) is 0 Å². The van der Waals surface area contributed by atoms with Crippen molar-refractivity contribution < 1.29 is 57.2 Å². The Labute approximate surface area is 413 Å². The van der Waals surface area contributed by atoms with E-state index in [0.717, 1.165) is 96.3 Å². The zero-order valence-corrected chi connectivity index (χ0v) is 40.6. The predicted octanol–water partition coefficient (Wildman–Crippen LogP) is 15.1. The summed E-state index contributed by atoms with van der Waals surface area (Å²) in [6.45, 7) is 22.9. The van der Waals surface area contributed by atoms with Crippen LogP contribution in [0, 0.1) is 16.2 Å². The minimum atomic E-state index is -0.548. The standard InChI is InChI=1S/C17H30O4.2C16H28O4.6CH4/c1-5-16(3,4)15(19)20-13-10-14(18)21-17(6-2)11-8-7-9-12-17;1-5-15(2,3)14(18)19-12-9-13(17)20-16(4)10-7-6-8-11-16;1-5-15(3,4)14(18)19-12-13(17)20-16(6-2)10-8-7-9-11-16;;;;;;/h5-13H2,1-4H3;2*5-12H2,1-4H3;6*1H4. The van der Waals surface area contributed by atoms with E-state index in [1.165, 1.54) is 19.3 Å². The molecular weight excluding hydrogens is 853 g/mol. The van der Waals surface area contributed by atoms with Crippen molar-refractivity contribution in [2.75, 3.05) is 19.8 Å². The van der Waals surface area contributed by atoms with Crippen LogP contribution in [0.2, 0.25) is 0 Å². The second-order valence-electron chi connectivity index (χ2n) is 19.7. The summed E-state index contributed by atoms with van der Waals surface area (Å²) in [5, 5.41) is 0. The van der Waals surface area contributed by atoms with E-state index in [4.69, 9.17) is 28.4 Å². The van der Waals surface area contributed by atoms with E-state index < -0.39 is 22.2 Å². The van der Waals surface area contributed by atoms with Crippen molar-refractivity contribution in [3.63, 3.8) is 0 Å². The molecule has 0 amide bonds. The van der Waals surface area contributed by atoms with E-state index in [-0.39, 0.29) is 124 Å². The van der Waals surface area contributed by atoms with E-state index in [0.29, 0.717) is 12.8 Å². The van der Waals surface area contributed by atoms with Crippen molar-refractivity contribution >= 4 is 35.8 Å². The molecule has 0 atom stereocenters. The van der Waals surface area contributed by atoms with Gasteiger partial charge >= 0.3 is 35.8 Å². The van der Waals surface area contributed by atoms with Gasteiger partial charge in [0.1, 0.15) is 30.0 Å². The molecule has 0 aromatic carbocycles. The average molecular weight is 963 g/mol. The van der Waals surface area contributed by atoms with Crippen LogP contribution < -0.4 is 0 Å². The number of ether oxygens (including phenoxy) is 6. The number of rotatable bonds is 19. The maximum Gasteiger partial charge on any atom is 0.344 e. The minimum absolute atomic E-state index is 0. The quantitative estimate of drug-likeness (QED) is 0.0892. The molecule has 0 aromatic rings. The zero-order valence-electron chi connectivity index (χ0n) is 40.6. The van der Waals surface area contributed by atoms with Crippen LogP contribution >= 0.6 is 0 Å². The van der Waals surface area contributed by atoms with Gasteiger partial charge in [0.15, 0.2) is 6.61 Å². The average Bonchev–Trinajstić information content (AvgIpc) is 3.23. The summed E-state index contributed by atoms with van der Waals surface area (Å²) >= 11 is 0. The smallest absolute Gasteiger partial charge is 0.344 e. The van der Waals surface area contributed by atoms with Crippen molar-refractivity contribution in [2.45, 2.75) is 286 Å². The van der Waals surface area contributed by atoms with E-state index in [1.54, 1.807) is 0 Å². The zero-order chi connectivity index (χ0) is 46.4. The lowest BCUT2D eigenvalue weighted by Gasteiger charge is -2.36. The molecule has 12 nitrogen and oxygen atoms in total. The third-order valence-electron chi connectivity index (χ3n) is 13.5. The molecule has 3 aliphatic carbocycles. The summed E-state index contributed by atoms with van der Waals surface area (Å²) in [7, 11) is 0. The highest BCUT2D eigenvalue weighted by atomic mass is 16.6. The van der Waals surface area contributed by atoms with Gasteiger partial charge < -0.3 is 28.4 Å². The molecule has 3 aliphatic rings. The van der Waals surface area contributed by atoms with Gasteiger partial charge in [-0.05, 0) is 158 Å². The van der Waals surface area contributed by atoms with Gasteiger partial charge in [-0.15, -0.1) is 0 Å².